The number of ketones is 1. The molecule has 0 radical (unpaired) electrons. The van der Waals surface area contributed by atoms with E-state index >= 15 is 0 Å². The van der Waals surface area contributed by atoms with Gasteiger partial charge in [0.1, 0.15) is 12.4 Å². The van der Waals surface area contributed by atoms with Gasteiger partial charge in [-0.25, -0.2) is 0 Å². The summed E-state index contributed by atoms with van der Waals surface area (Å²) in [7, 11) is 0. The van der Waals surface area contributed by atoms with Crippen LogP contribution in [-0.2, 0) is 19.1 Å². The number of allylic oxidation sites excluding steroid dienone is 2. The van der Waals surface area contributed by atoms with Crippen molar-refractivity contribution in [2.75, 3.05) is 0 Å². The van der Waals surface area contributed by atoms with Crippen LogP contribution >= 0.6 is 0 Å². The van der Waals surface area contributed by atoms with Gasteiger partial charge >= 0.3 is 5.97 Å². The van der Waals surface area contributed by atoms with Crippen molar-refractivity contribution in [1.29, 1.82) is 0 Å². The molecule has 4 saturated carbocycles. The molecule has 0 heterocycles. The zero-order chi connectivity index (χ0) is 27.8. The first-order valence-corrected chi connectivity index (χ1v) is 15.6. The van der Waals surface area contributed by atoms with Crippen LogP contribution in [0.2, 0.25) is 0 Å². The smallest absolute Gasteiger partial charge is 0.302 e. The molecule has 0 aromatic rings. The molecule has 5 unspecified atom stereocenters. The molecular formula is C34H52O4. The number of hydrogen-bond donors (Lipinski definition) is 0. The maximum Gasteiger partial charge on any atom is 0.302 e. The molecule has 4 heteroatoms. The van der Waals surface area contributed by atoms with Crippen molar-refractivity contribution in [1.82, 2.24) is 0 Å². The molecular weight excluding hydrogens is 472 g/mol. The summed E-state index contributed by atoms with van der Waals surface area (Å²) in [5, 5.41) is 0. The quantitative estimate of drug-likeness (QED) is 0.273. The molecule has 4 fully saturated rings. The van der Waals surface area contributed by atoms with E-state index in [9.17, 15) is 14.4 Å². The predicted molar refractivity (Wildman–Crippen MR) is 150 cm³/mol. The molecule has 5 aliphatic rings. The summed E-state index contributed by atoms with van der Waals surface area (Å²) < 4.78 is 5.95. The normalized spacial score (nSPS) is 46.4. The number of carbonyl (C=O) groups is 3. The van der Waals surface area contributed by atoms with Crippen LogP contribution in [0.4, 0.5) is 0 Å². The van der Waals surface area contributed by atoms with Crippen LogP contribution in [-0.4, -0.2) is 24.1 Å². The molecule has 0 saturated heterocycles. The highest BCUT2D eigenvalue weighted by atomic mass is 16.5. The van der Waals surface area contributed by atoms with Crippen LogP contribution < -0.4 is 0 Å². The van der Waals surface area contributed by atoms with E-state index in [1.165, 1.54) is 24.8 Å². The first kappa shape index (κ1) is 28.1. The van der Waals surface area contributed by atoms with Crippen molar-refractivity contribution >= 4 is 18.0 Å². The standard InChI is InChI=1S/C34H52O4/c1-20(2)28-23-11-14-33(8)27(31(23,6)13-12-26(28)38-22(5)36)10-9-24-30-29(21(3)4)25(37)19-34(30,17-18-35)16-15-32(24,33)7/h18,20-21,23-24,26-28H,9-17,19H2,1-8H3/t23?,24-,26?,27?,28?,31?,32-,33-,34-/m1/s1. The fraction of sp³-hybridized carbons (Fsp3) is 0.853. The van der Waals surface area contributed by atoms with Crippen LogP contribution in [0, 0.1) is 57.2 Å². The minimum atomic E-state index is -0.224. The van der Waals surface area contributed by atoms with Crippen LogP contribution in [0.25, 0.3) is 0 Å². The molecule has 0 aliphatic heterocycles. The Balaban J connectivity index is 1.55. The van der Waals surface area contributed by atoms with Crippen molar-refractivity contribution in [2.45, 2.75) is 126 Å². The highest BCUT2D eigenvalue weighted by Gasteiger charge is 2.69. The van der Waals surface area contributed by atoms with Crippen LogP contribution in [0.5, 0.6) is 0 Å². The maximum atomic E-state index is 13.4. The fourth-order valence-corrected chi connectivity index (χ4v) is 11.7. The average Bonchev–Trinajstić information content (AvgIpc) is 3.11. The number of carbonyl (C=O) groups excluding carboxylic acids is 3. The Hall–Kier alpha value is -1.45. The second-order valence-electron chi connectivity index (χ2n) is 15.4. The van der Waals surface area contributed by atoms with E-state index in [-0.39, 0.29) is 39.7 Å². The van der Waals surface area contributed by atoms with E-state index in [1.54, 1.807) is 6.92 Å². The van der Waals surface area contributed by atoms with Gasteiger partial charge in [0.15, 0.2) is 5.78 Å². The SMILES string of the molecule is CC(=O)OC1CCC2(C)C(CC[C@]3(C)C2CC[C@@H]2C4=C(C(C)C)C(=O)C[C@]4(CC=O)CC[C@]23C)C1C(C)C. The van der Waals surface area contributed by atoms with Gasteiger partial charge in [-0.3, -0.25) is 9.59 Å². The van der Waals surface area contributed by atoms with Crippen molar-refractivity contribution in [3.8, 4) is 0 Å². The molecule has 0 N–H and O–H groups in total. The maximum absolute atomic E-state index is 13.4. The molecule has 38 heavy (non-hydrogen) atoms. The highest BCUT2D eigenvalue weighted by Crippen LogP contribution is 2.76. The highest BCUT2D eigenvalue weighted by molar-refractivity contribution is 6.01. The first-order chi connectivity index (χ1) is 17.8. The third-order valence-electron chi connectivity index (χ3n) is 13.3. The second-order valence-corrected chi connectivity index (χ2v) is 15.4. The zero-order valence-electron chi connectivity index (χ0n) is 25.3. The third-order valence-corrected chi connectivity index (χ3v) is 13.3. The number of rotatable bonds is 5. The van der Waals surface area contributed by atoms with E-state index in [0.717, 1.165) is 44.0 Å². The number of aldehydes is 1. The van der Waals surface area contributed by atoms with Crippen LogP contribution in [0.3, 0.4) is 0 Å². The van der Waals surface area contributed by atoms with Crippen LogP contribution in [0.1, 0.15) is 120 Å². The van der Waals surface area contributed by atoms with E-state index in [2.05, 4.69) is 48.5 Å². The fourth-order valence-electron chi connectivity index (χ4n) is 11.7. The molecule has 212 valence electrons. The van der Waals surface area contributed by atoms with Gasteiger partial charge in [-0.2, -0.15) is 0 Å². The number of fused-ring (bicyclic) bond motifs is 7. The number of esters is 1. The monoisotopic (exact) mass is 524 g/mol. The Morgan fingerprint density at radius 3 is 2.29 bits per heavy atom. The summed E-state index contributed by atoms with van der Waals surface area (Å²) in [6.45, 7) is 18.3. The summed E-state index contributed by atoms with van der Waals surface area (Å²) in [6, 6.07) is 0. The first-order valence-electron chi connectivity index (χ1n) is 15.6. The van der Waals surface area contributed by atoms with Gasteiger partial charge in [0, 0.05) is 31.1 Å². The van der Waals surface area contributed by atoms with Crippen molar-refractivity contribution < 1.29 is 19.1 Å². The lowest BCUT2D eigenvalue weighted by molar-refractivity contribution is -0.221. The second kappa shape index (κ2) is 9.30. The molecule has 4 nitrogen and oxygen atoms in total. The molecule has 9 atom stereocenters. The predicted octanol–water partition coefficient (Wildman–Crippen LogP) is 7.73. The Labute approximate surface area is 231 Å². The van der Waals surface area contributed by atoms with E-state index in [1.807, 2.05) is 0 Å². The number of hydrogen-bond acceptors (Lipinski definition) is 4. The lowest BCUT2D eigenvalue weighted by Gasteiger charge is -2.71. The van der Waals surface area contributed by atoms with Gasteiger partial charge in [-0.15, -0.1) is 0 Å². The van der Waals surface area contributed by atoms with E-state index in [0.29, 0.717) is 48.2 Å². The lowest BCUT2D eigenvalue weighted by Crippen LogP contribution is -2.64. The van der Waals surface area contributed by atoms with Crippen molar-refractivity contribution in [3.63, 3.8) is 0 Å². The number of Topliss-reactive ketones (excluding diaryl/α,β-unsaturated/α-hetero) is 1. The molecule has 0 aromatic carbocycles. The Morgan fingerprint density at radius 1 is 0.974 bits per heavy atom. The summed E-state index contributed by atoms with van der Waals surface area (Å²) >= 11 is 0. The summed E-state index contributed by atoms with van der Waals surface area (Å²) in [5.74, 6) is 2.91. The summed E-state index contributed by atoms with van der Waals surface area (Å²) in [4.78, 5) is 37.4. The largest absolute Gasteiger partial charge is 0.462 e. The summed E-state index contributed by atoms with van der Waals surface area (Å²) in [6.07, 6.45) is 11.1. The third kappa shape index (κ3) is 3.70. The van der Waals surface area contributed by atoms with E-state index < -0.39 is 0 Å². The molecule has 5 aliphatic carbocycles. The van der Waals surface area contributed by atoms with Crippen LogP contribution in [0.15, 0.2) is 11.1 Å². The van der Waals surface area contributed by atoms with E-state index in [4.69, 9.17) is 4.74 Å². The van der Waals surface area contributed by atoms with Gasteiger partial charge in [0.2, 0.25) is 0 Å². The molecule has 0 aromatic heterocycles. The minimum absolute atomic E-state index is 0.0451. The Bertz CT molecular complexity index is 1040. The minimum Gasteiger partial charge on any atom is -0.462 e. The van der Waals surface area contributed by atoms with Gasteiger partial charge in [0.25, 0.3) is 0 Å². The number of ether oxygens (including phenoxy) is 1. The molecule has 0 spiro atoms. The van der Waals surface area contributed by atoms with Gasteiger partial charge in [-0.1, -0.05) is 54.0 Å². The van der Waals surface area contributed by atoms with Crippen molar-refractivity contribution in [3.05, 3.63) is 11.1 Å². The van der Waals surface area contributed by atoms with Crippen molar-refractivity contribution in [2.24, 2.45) is 57.2 Å². The Kier molecular flexibility index (Phi) is 6.88. The molecule has 5 rings (SSSR count). The molecule has 0 bridgehead atoms. The van der Waals surface area contributed by atoms with Gasteiger partial charge < -0.3 is 9.53 Å². The average molecular weight is 525 g/mol. The summed E-state index contributed by atoms with van der Waals surface area (Å²) in [5.41, 5.74) is 2.83. The van der Waals surface area contributed by atoms with Gasteiger partial charge in [0.05, 0.1) is 0 Å². The lowest BCUT2D eigenvalue weighted by atomic mass is 9.33. The zero-order valence-corrected chi connectivity index (χ0v) is 25.3. The Morgan fingerprint density at radius 2 is 1.68 bits per heavy atom. The van der Waals surface area contributed by atoms with Gasteiger partial charge in [-0.05, 0) is 103 Å². The topological polar surface area (TPSA) is 60.4 Å². The molecule has 0 amide bonds.